The van der Waals surface area contributed by atoms with E-state index in [1.807, 2.05) is 33.7 Å². The van der Waals surface area contributed by atoms with Gasteiger partial charge in [0, 0.05) is 32.1 Å². The lowest BCUT2D eigenvalue weighted by atomic mass is 9.77. The van der Waals surface area contributed by atoms with Gasteiger partial charge >= 0.3 is 0 Å². The number of nitrogens with zero attached hydrogens (tertiary/aromatic N) is 2. The van der Waals surface area contributed by atoms with Crippen LogP contribution in [-0.4, -0.2) is 48.3 Å². The van der Waals surface area contributed by atoms with Crippen molar-refractivity contribution >= 4 is 23.2 Å². The van der Waals surface area contributed by atoms with Crippen LogP contribution in [0.3, 0.4) is 0 Å². The zero-order valence-electron chi connectivity index (χ0n) is 11.1. The lowest BCUT2D eigenvalue weighted by Gasteiger charge is -2.37. The summed E-state index contributed by atoms with van der Waals surface area (Å²) in [5.41, 5.74) is 0.594. The van der Waals surface area contributed by atoms with Gasteiger partial charge in [0.1, 0.15) is 0 Å². The van der Waals surface area contributed by atoms with Crippen LogP contribution in [0.25, 0.3) is 0 Å². The van der Waals surface area contributed by atoms with Crippen LogP contribution in [0.5, 0.6) is 0 Å². The fourth-order valence-corrected chi connectivity index (χ4v) is 3.80. The van der Waals surface area contributed by atoms with Crippen molar-refractivity contribution in [3.63, 3.8) is 0 Å². The third kappa shape index (κ3) is 2.06. The fraction of sp³-hybridized carbons (Fsp3) is 0.571. The van der Waals surface area contributed by atoms with Gasteiger partial charge in [0.15, 0.2) is 0 Å². The molecule has 2 aliphatic heterocycles. The molecule has 0 radical (unpaired) electrons. The summed E-state index contributed by atoms with van der Waals surface area (Å²) in [6.07, 6.45) is 2.57. The summed E-state index contributed by atoms with van der Waals surface area (Å²) in [5.74, 6) is 0.380. The van der Waals surface area contributed by atoms with Gasteiger partial charge in [0.05, 0.1) is 11.0 Å². The average molecular weight is 278 g/mol. The number of likely N-dealkylation sites (tertiary alicyclic amines) is 2. The van der Waals surface area contributed by atoms with Crippen LogP contribution in [0.15, 0.2) is 16.8 Å². The molecule has 1 aromatic rings. The molecule has 5 heteroatoms. The van der Waals surface area contributed by atoms with Gasteiger partial charge in [0.25, 0.3) is 5.91 Å². The number of thiophene rings is 1. The van der Waals surface area contributed by atoms with E-state index in [0.29, 0.717) is 13.1 Å². The van der Waals surface area contributed by atoms with Gasteiger partial charge in [-0.2, -0.15) is 11.3 Å². The first-order valence-electron chi connectivity index (χ1n) is 6.69. The van der Waals surface area contributed by atoms with Gasteiger partial charge in [-0.05, 0) is 30.7 Å². The number of hydrogen-bond donors (Lipinski definition) is 0. The second kappa shape index (κ2) is 4.63. The van der Waals surface area contributed by atoms with Crippen LogP contribution in [0, 0.1) is 5.41 Å². The zero-order valence-corrected chi connectivity index (χ0v) is 11.9. The van der Waals surface area contributed by atoms with Gasteiger partial charge in [-0.3, -0.25) is 9.59 Å². The first kappa shape index (κ1) is 12.7. The summed E-state index contributed by atoms with van der Waals surface area (Å²) >= 11 is 1.54. The highest BCUT2D eigenvalue weighted by Gasteiger charge is 2.47. The molecule has 2 amide bonds. The minimum Gasteiger partial charge on any atom is -0.345 e. The number of amides is 2. The Morgan fingerprint density at radius 1 is 1.26 bits per heavy atom. The summed E-state index contributed by atoms with van der Waals surface area (Å²) in [7, 11) is 1.87. The molecule has 19 heavy (non-hydrogen) atoms. The molecule has 1 spiro atoms. The lowest BCUT2D eigenvalue weighted by molar-refractivity contribution is -0.137. The summed E-state index contributed by atoms with van der Waals surface area (Å²) in [6, 6.07) is 1.87. The first-order chi connectivity index (χ1) is 9.12. The maximum absolute atomic E-state index is 12.2. The maximum Gasteiger partial charge on any atom is 0.254 e. The number of hydrogen-bond acceptors (Lipinski definition) is 3. The third-order valence-corrected chi connectivity index (χ3v) is 5.19. The van der Waals surface area contributed by atoms with E-state index in [4.69, 9.17) is 0 Å². The van der Waals surface area contributed by atoms with Gasteiger partial charge < -0.3 is 9.80 Å². The van der Waals surface area contributed by atoms with Crippen LogP contribution in [0.1, 0.15) is 29.6 Å². The maximum atomic E-state index is 12.2. The molecule has 4 nitrogen and oxygen atoms in total. The van der Waals surface area contributed by atoms with Crippen LogP contribution in [0.2, 0.25) is 0 Å². The van der Waals surface area contributed by atoms with Crippen LogP contribution in [0.4, 0.5) is 0 Å². The van der Waals surface area contributed by atoms with Gasteiger partial charge in [0.2, 0.25) is 5.91 Å². The number of carbonyl (C=O) groups is 2. The van der Waals surface area contributed by atoms with Crippen molar-refractivity contribution in [1.29, 1.82) is 0 Å². The largest absolute Gasteiger partial charge is 0.345 e. The quantitative estimate of drug-likeness (QED) is 0.786. The third-order valence-electron chi connectivity index (χ3n) is 4.50. The molecule has 0 atom stereocenters. The summed E-state index contributed by atoms with van der Waals surface area (Å²) < 4.78 is 0. The highest BCUT2D eigenvalue weighted by molar-refractivity contribution is 7.08. The molecule has 0 unspecified atom stereocenters. The van der Waals surface area contributed by atoms with Gasteiger partial charge in [-0.1, -0.05) is 0 Å². The number of rotatable bonds is 1. The lowest BCUT2D eigenvalue weighted by Crippen LogP contribution is -2.46. The number of carbonyl (C=O) groups excluding carboxylic acids is 2. The fourth-order valence-electron chi connectivity index (χ4n) is 3.17. The molecule has 0 aliphatic carbocycles. The Morgan fingerprint density at radius 2 is 1.95 bits per heavy atom. The Labute approximate surface area is 117 Å². The smallest absolute Gasteiger partial charge is 0.254 e. The van der Waals surface area contributed by atoms with E-state index in [-0.39, 0.29) is 17.2 Å². The van der Waals surface area contributed by atoms with E-state index in [0.717, 1.165) is 31.4 Å². The Morgan fingerprint density at radius 3 is 2.47 bits per heavy atom. The monoisotopic (exact) mass is 278 g/mol. The average Bonchev–Trinajstić information content (AvgIpc) is 3.05. The minimum absolute atomic E-state index is 0.106. The zero-order chi connectivity index (χ0) is 13.5. The van der Waals surface area contributed by atoms with E-state index >= 15 is 0 Å². The highest BCUT2D eigenvalue weighted by Crippen LogP contribution is 2.41. The molecule has 0 N–H and O–H groups in total. The van der Waals surface area contributed by atoms with E-state index < -0.39 is 0 Å². The SMILES string of the molecule is CN1CCC2(CCN(C(=O)c3ccsc3)CC2)C1=O. The molecule has 102 valence electrons. The standard InChI is InChI=1S/C14H18N2O2S/c1-15-6-3-14(13(15)18)4-7-16(8-5-14)12(17)11-2-9-19-10-11/h2,9-10H,3-8H2,1H3. The van der Waals surface area contributed by atoms with Crippen molar-refractivity contribution in [2.45, 2.75) is 19.3 Å². The van der Waals surface area contributed by atoms with Crippen molar-refractivity contribution < 1.29 is 9.59 Å². The van der Waals surface area contributed by atoms with E-state index in [2.05, 4.69) is 0 Å². The Hall–Kier alpha value is -1.36. The van der Waals surface area contributed by atoms with Gasteiger partial charge in [-0.25, -0.2) is 0 Å². The Kier molecular flexibility index (Phi) is 3.09. The molecule has 0 saturated carbocycles. The summed E-state index contributed by atoms with van der Waals surface area (Å²) in [6.45, 7) is 2.26. The van der Waals surface area contributed by atoms with Crippen molar-refractivity contribution in [3.05, 3.63) is 22.4 Å². The molecular weight excluding hydrogens is 260 g/mol. The molecule has 2 saturated heterocycles. The van der Waals surface area contributed by atoms with Gasteiger partial charge in [-0.15, -0.1) is 0 Å². The van der Waals surface area contributed by atoms with Crippen LogP contribution in [-0.2, 0) is 4.79 Å². The van der Waals surface area contributed by atoms with E-state index in [1.54, 1.807) is 11.3 Å². The van der Waals surface area contributed by atoms with Crippen LogP contribution >= 0.6 is 11.3 Å². The molecule has 2 aliphatic rings. The minimum atomic E-state index is -0.180. The predicted molar refractivity (Wildman–Crippen MR) is 74.1 cm³/mol. The predicted octanol–water partition coefficient (Wildman–Crippen LogP) is 1.83. The molecule has 1 aromatic heterocycles. The number of piperidine rings is 1. The van der Waals surface area contributed by atoms with E-state index in [9.17, 15) is 9.59 Å². The summed E-state index contributed by atoms with van der Waals surface area (Å²) in [5, 5.41) is 3.81. The second-order valence-electron chi connectivity index (χ2n) is 5.56. The molecule has 0 bridgehead atoms. The molecule has 3 rings (SSSR count). The normalized spacial score (nSPS) is 22.3. The highest BCUT2D eigenvalue weighted by atomic mass is 32.1. The molecule has 0 aromatic carbocycles. The molecule has 2 fully saturated rings. The Bertz CT molecular complexity index is 490. The topological polar surface area (TPSA) is 40.6 Å². The Balaban J connectivity index is 1.67. The molecule has 3 heterocycles. The van der Waals surface area contributed by atoms with E-state index in [1.165, 1.54) is 0 Å². The molecular formula is C14H18N2O2S. The first-order valence-corrected chi connectivity index (χ1v) is 7.64. The van der Waals surface area contributed by atoms with Crippen molar-refractivity contribution in [2.75, 3.05) is 26.7 Å². The van der Waals surface area contributed by atoms with Crippen molar-refractivity contribution in [3.8, 4) is 0 Å². The second-order valence-corrected chi connectivity index (χ2v) is 6.34. The summed E-state index contributed by atoms with van der Waals surface area (Å²) in [4.78, 5) is 28.2. The van der Waals surface area contributed by atoms with Crippen molar-refractivity contribution in [1.82, 2.24) is 9.80 Å². The van der Waals surface area contributed by atoms with Crippen molar-refractivity contribution in [2.24, 2.45) is 5.41 Å². The van der Waals surface area contributed by atoms with Crippen LogP contribution < -0.4 is 0 Å².